The SMILES string of the molecule is COc1cc(C(=O)OCCN(C2=NS(=O)(=O)c3ccccc32)c2ccccc2Cl)cc(OC)c1OC. The topological polar surface area (TPSA) is 104 Å². The summed E-state index contributed by atoms with van der Waals surface area (Å²) in [5.74, 6) is 0.532. The molecule has 0 fully saturated rings. The van der Waals surface area contributed by atoms with Crippen molar-refractivity contribution in [2.45, 2.75) is 4.90 Å². The minimum absolute atomic E-state index is 0.0859. The van der Waals surface area contributed by atoms with E-state index in [1.165, 1.54) is 39.5 Å². The molecule has 0 unspecified atom stereocenters. The molecular weight excluding hydrogens is 508 g/mol. The van der Waals surface area contributed by atoms with E-state index < -0.39 is 16.0 Å². The lowest BCUT2D eigenvalue weighted by Crippen LogP contribution is -2.34. The number of hydrogen-bond donors (Lipinski definition) is 0. The quantitative estimate of drug-likeness (QED) is 0.400. The van der Waals surface area contributed by atoms with Crippen molar-refractivity contribution in [3.8, 4) is 17.2 Å². The molecule has 3 aromatic rings. The number of fused-ring (bicyclic) bond motifs is 1. The molecule has 0 saturated heterocycles. The maximum absolute atomic E-state index is 12.8. The van der Waals surface area contributed by atoms with E-state index in [0.29, 0.717) is 33.5 Å². The molecule has 0 aromatic heterocycles. The van der Waals surface area contributed by atoms with Gasteiger partial charge in [0.05, 0.1) is 44.1 Å². The van der Waals surface area contributed by atoms with E-state index in [-0.39, 0.29) is 29.4 Å². The van der Waals surface area contributed by atoms with Gasteiger partial charge in [-0.2, -0.15) is 8.42 Å². The van der Waals surface area contributed by atoms with Gasteiger partial charge in [-0.25, -0.2) is 4.79 Å². The van der Waals surface area contributed by atoms with Crippen LogP contribution in [0.4, 0.5) is 5.69 Å². The first kappa shape index (κ1) is 25.3. The highest BCUT2D eigenvalue weighted by Crippen LogP contribution is 2.38. The Labute approximate surface area is 213 Å². The summed E-state index contributed by atoms with van der Waals surface area (Å²) < 4.78 is 50.7. The second kappa shape index (κ2) is 10.5. The zero-order valence-corrected chi connectivity index (χ0v) is 21.3. The molecule has 0 spiro atoms. The lowest BCUT2D eigenvalue weighted by atomic mass is 10.1. The van der Waals surface area contributed by atoms with Crippen LogP contribution in [0.15, 0.2) is 70.0 Å². The molecule has 0 aliphatic carbocycles. The maximum Gasteiger partial charge on any atom is 0.338 e. The molecule has 0 saturated carbocycles. The number of ether oxygens (including phenoxy) is 4. The third kappa shape index (κ3) is 4.82. The number of methoxy groups -OCH3 is 3. The highest BCUT2D eigenvalue weighted by Gasteiger charge is 2.33. The first-order chi connectivity index (χ1) is 17.3. The number of benzene rings is 3. The number of para-hydroxylation sites is 1. The largest absolute Gasteiger partial charge is 0.493 e. The van der Waals surface area contributed by atoms with Crippen LogP contribution < -0.4 is 19.1 Å². The van der Waals surface area contributed by atoms with Crippen molar-refractivity contribution < 1.29 is 32.2 Å². The number of anilines is 1. The van der Waals surface area contributed by atoms with Gasteiger partial charge in [0.25, 0.3) is 10.0 Å². The third-order valence-electron chi connectivity index (χ3n) is 5.46. The lowest BCUT2D eigenvalue weighted by Gasteiger charge is -2.25. The van der Waals surface area contributed by atoms with Crippen LogP contribution in [0.3, 0.4) is 0 Å². The number of carbonyl (C=O) groups excluding carboxylic acids is 1. The van der Waals surface area contributed by atoms with Crippen molar-refractivity contribution in [1.82, 2.24) is 0 Å². The van der Waals surface area contributed by atoms with Crippen molar-refractivity contribution in [1.29, 1.82) is 0 Å². The van der Waals surface area contributed by atoms with Crippen LogP contribution in [0.1, 0.15) is 15.9 Å². The molecule has 188 valence electrons. The fourth-order valence-electron chi connectivity index (χ4n) is 3.81. The predicted octanol–water partition coefficient (Wildman–Crippen LogP) is 4.18. The normalized spacial score (nSPS) is 13.4. The average Bonchev–Trinajstić information content (AvgIpc) is 3.16. The van der Waals surface area contributed by atoms with Crippen LogP contribution in [0.25, 0.3) is 0 Å². The molecule has 1 aliphatic heterocycles. The zero-order chi connectivity index (χ0) is 25.9. The Hall–Kier alpha value is -3.76. The monoisotopic (exact) mass is 530 g/mol. The Morgan fingerprint density at radius 1 is 0.944 bits per heavy atom. The first-order valence-electron chi connectivity index (χ1n) is 10.7. The van der Waals surface area contributed by atoms with Crippen molar-refractivity contribution in [2.24, 2.45) is 4.40 Å². The van der Waals surface area contributed by atoms with E-state index in [1.54, 1.807) is 47.4 Å². The molecule has 0 bridgehead atoms. The van der Waals surface area contributed by atoms with E-state index >= 15 is 0 Å². The molecule has 0 atom stereocenters. The summed E-state index contributed by atoms with van der Waals surface area (Å²) in [6, 6.07) is 16.4. The van der Waals surface area contributed by atoms with Crippen LogP contribution in [0.5, 0.6) is 17.2 Å². The fourth-order valence-corrected chi connectivity index (χ4v) is 5.25. The Kier molecular flexibility index (Phi) is 7.37. The Morgan fingerprint density at radius 3 is 2.22 bits per heavy atom. The van der Waals surface area contributed by atoms with E-state index in [1.807, 2.05) is 0 Å². The highest BCUT2D eigenvalue weighted by atomic mass is 35.5. The number of nitrogens with zero attached hydrogens (tertiary/aromatic N) is 2. The van der Waals surface area contributed by atoms with Gasteiger partial charge in [-0.1, -0.05) is 35.9 Å². The number of esters is 1. The van der Waals surface area contributed by atoms with Gasteiger partial charge in [0, 0.05) is 5.56 Å². The Balaban J connectivity index is 1.61. The van der Waals surface area contributed by atoms with Gasteiger partial charge in [-0.15, -0.1) is 4.40 Å². The molecular formula is C25H23ClN2O7S. The number of amidine groups is 1. The Morgan fingerprint density at radius 2 is 1.58 bits per heavy atom. The number of hydrogen-bond acceptors (Lipinski definition) is 8. The van der Waals surface area contributed by atoms with Crippen molar-refractivity contribution >= 4 is 39.1 Å². The summed E-state index contributed by atoms with van der Waals surface area (Å²) in [7, 11) is 0.486. The molecule has 4 rings (SSSR count). The van der Waals surface area contributed by atoms with E-state index in [9.17, 15) is 13.2 Å². The van der Waals surface area contributed by atoms with Crippen LogP contribution in [0.2, 0.25) is 5.02 Å². The minimum Gasteiger partial charge on any atom is -0.493 e. The molecule has 0 radical (unpaired) electrons. The van der Waals surface area contributed by atoms with E-state index in [2.05, 4.69) is 4.40 Å². The van der Waals surface area contributed by atoms with Gasteiger partial charge < -0.3 is 23.8 Å². The number of sulfonamides is 1. The third-order valence-corrected chi connectivity index (χ3v) is 7.10. The first-order valence-corrected chi connectivity index (χ1v) is 12.6. The van der Waals surface area contributed by atoms with Gasteiger partial charge in [0.1, 0.15) is 11.5 Å². The molecule has 3 aromatic carbocycles. The van der Waals surface area contributed by atoms with E-state index in [4.69, 9.17) is 30.5 Å². The van der Waals surface area contributed by atoms with Crippen molar-refractivity contribution in [2.75, 3.05) is 39.4 Å². The molecule has 11 heteroatoms. The lowest BCUT2D eigenvalue weighted by molar-refractivity contribution is 0.0516. The molecule has 1 aliphatic rings. The second-order valence-electron chi connectivity index (χ2n) is 7.54. The highest BCUT2D eigenvalue weighted by molar-refractivity contribution is 7.90. The molecule has 9 nitrogen and oxygen atoms in total. The zero-order valence-electron chi connectivity index (χ0n) is 19.7. The number of halogens is 1. The molecule has 36 heavy (non-hydrogen) atoms. The molecule has 1 heterocycles. The Bertz CT molecular complexity index is 1410. The minimum atomic E-state index is -3.87. The van der Waals surface area contributed by atoms with Gasteiger partial charge in [-0.3, -0.25) is 0 Å². The fraction of sp³-hybridized carbons (Fsp3) is 0.200. The summed E-state index contributed by atoms with van der Waals surface area (Å²) in [5.41, 5.74) is 1.15. The predicted molar refractivity (Wildman–Crippen MR) is 135 cm³/mol. The van der Waals surface area contributed by atoms with Gasteiger partial charge in [-0.05, 0) is 36.4 Å². The average molecular weight is 531 g/mol. The van der Waals surface area contributed by atoms with Gasteiger partial charge in [0.2, 0.25) is 5.75 Å². The van der Waals surface area contributed by atoms with E-state index in [0.717, 1.165) is 0 Å². The molecule has 0 N–H and O–H groups in total. The summed E-state index contributed by atoms with van der Waals surface area (Å²) in [5, 5.41) is 0.387. The maximum atomic E-state index is 12.8. The summed E-state index contributed by atoms with van der Waals surface area (Å²) in [6.45, 7) is -0.00939. The summed E-state index contributed by atoms with van der Waals surface area (Å²) in [4.78, 5) is 14.6. The van der Waals surface area contributed by atoms with Gasteiger partial charge >= 0.3 is 5.97 Å². The van der Waals surface area contributed by atoms with Crippen LogP contribution in [-0.4, -0.2) is 54.7 Å². The van der Waals surface area contributed by atoms with Crippen LogP contribution in [-0.2, 0) is 14.8 Å². The van der Waals surface area contributed by atoms with Gasteiger partial charge in [0.15, 0.2) is 17.3 Å². The number of carbonyl (C=O) groups is 1. The van der Waals surface area contributed by atoms with Crippen molar-refractivity contribution in [3.05, 3.63) is 76.8 Å². The van der Waals surface area contributed by atoms with Crippen LogP contribution >= 0.6 is 11.6 Å². The smallest absolute Gasteiger partial charge is 0.338 e. The summed E-state index contributed by atoms with van der Waals surface area (Å²) in [6.07, 6.45) is 0. The molecule has 0 amide bonds. The summed E-state index contributed by atoms with van der Waals surface area (Å²) >= 11 is 6.43. The second-order valence-corrected chi connectivity index (χ2v) is 9.52. The standard InChI is InChI=1S/C25H23ClN2O7S/c1-32-20-14-16(15-21(33-2)23(20)34-3)25(29)35-13-12-28(19-10-6-5-9-18(19)26)24-17-8-4-7-11-22(17)36(30,31)27-24/h4-11,14-15H,12-13H2,1-3H3. The number of rotatable bonds is 8. The van der Waals surface area contributed by atoms with Crippen LogP contribution in [0, 0.1) is 0 Å². The van der Waals surface area contributed by atoms with Crippen molar-refractivity contribution in [3.63, 3.8) is 0 Å².